The SMILES string of the molecule is CC(=O)O.CC1CN(C2N=C(N(C)C)SS2)C(C)CN1C. The lowest BCUT2D eigenvalue weighted by Gasteiger charge is -2.43. The molecule has 3 unspecified atom stereocenters. The smallest absolute Gasteiger partial charge is 0.300 e. The van der Waals surface area contributed by atoms with Gasteiger partial charge < -0.3 is 14.9 Å². The molecule has 2 rings (SSSR count). The predicted octanol–water partition coefficient (Wildman–Crippen LogP) is 1.70. The molecule has 0 aromatic rings. The second-order valence-electron chi connectivity index (χ2n) is 5.67. The van der Waals surface area contributed by atoms with Crippen molar-refractivity contribution < 1.29 is 9.90 Å². The first-order valence-corrected chi connectivity index (χ1v) is 9.17. The van der Waals surface area contributed by atoms with Gasteiger partial charge in [-0.25, -0.2) is 4.99 Å². The molecular weight excluding hydrogens is 308 g/mol. The number of carbonyl (C=O) groups is 1. The number of hydrogen-bond acceptors (Lipinski definition) is 7. The van der Waals surface area contributed by atoms with E-state index >= 15 is 0 Å². The first-order chi connectivity index (χ1) is 9.72. The summed E-state index contributed by atoms with van der Waals surface area (Å²) in [4.78, 5) is 20.9. The number of aliphatic carboxylic acids is 1. The topological polar surface area (TPSA) is 59.4 Å². The van der Waals surface area contributed by atoms with Crippen LogP contribution in [0.25, 0.3) is 0 Å². The van der Waals surface area contributed by atoms with Crippen LogP contribution in [0.4, 0.5) is 0 Å². The van der Waals surface area contributed by atoms with Gasteiger partial charge in [0.25, 0.3) is 5.97 Å². The lowest BCUT2D eigenvalue weighted by Crippen LogP contribution is -2.56. The molecule has 0 aromatic heterocycles. The van der Waals surface area contributed by atoms with Crippen LogP contribution < -0.4 is 0 Å². The number of hydrogen-bond donors (Lipinski definition) is 1. The van der Waals surface area contributed by atoms with E-state index < -0.39 is 5.97 Å². The fraction of sp³-hybridized carbons (Fsp3) is 0.846. The molecule has 2 aliphatic heterocycles. The van der Waals surface area contributed by atoms with Gasteiger partial charge >= 0.3 is 0 Å². The van der Waals surface area contributed by atoms with Crippen molar-refractivity contribution in [1.29, 1.82) is 0 Å². The monoisotopic (exact) mass is 334 g/mol. The highest BCUT2D eigenvalue weighted by Gasteiger charge is 2.34. The van der Waals surface area contributed by atoms with Crippen molar-refractivity contribution in [2.75, 3.05) is 34.2 Å². The third-order valence-corrected chi connectivity index (χ3v) is 5.96. The molecule has 8 heteroatoms. The van der Waals surface area contributed by atoms with E-state index in [4.69, 9.17) is 14.9 Å². The molecule has 6 nitrogen and oxygen atoms in total. The van der Waals surface area contributed by atoms with Crippen molar-refractivity contribution in [3.8, 4) is 0 Å². The summed E-state index contributed by atoms with van der Waals surface area (Å²) >= 11 is 0. The molecule has 1 fully saturated rings. The van der Waals surface area contributed by atoms with Crippen molar-refractivity contribution in [1.82, 2.24) is 14.7 Å². The van der Waals surface area contributed by atoms with E-state index in [-0.39, 0.29) is 0 Å². The van der Waals surface area contributed by atoms with Crippen LogP contribution in [0.15, 0.2) is 4.99 Å². The number of rotatable bonds is 1. The average molecular weight is 335 g/mol. The summed E-state index contributed by atoms with van der Waals surface area (Å²) < 4.78 is 0. The summed E-state index contributed by atoms with van der Waals surface area (Å²) in [7, 11) is 10.00. The average Bonchev–Trinajstić information content (AvgIpc) is 2.82. The lowest BCUT2D eigenvalue weighted by molar-refractivity contribution is -0.134. The van der Waals surface area contributed by atoms with E-state index in [0.717, 1.165) is 25.2 Å². The maximum Gasteiger partial charge on any atom is 0.300 e. The van der Waals surface area contributed by atoms with Crippen molar-refractivity contribution in [2.24, 2.45) is 4.99 Å². The normalized spacial score (nSPS) is 30.4. The van der Waals surface area contributed by atoms with E-state index in [2.05, 4.69) is 49.7 Å². The summed E-state index contributed by atoms with van der Waals surface area (Å²) in [5.74, 6) is -0.833. The van der Waals surface area contributed by atoms with Crippen LogP contribution in [0, 0.1) is 0 Å². The largest absolute Gasteiger partial charge is 0.481 e. The highest BCUT2D eigenvalue weighted by atomic mass is 33.1. The third kappa shape index (κ3) is 5.69. The van der Waals surface area contributed by atoms with Gasteiger partial charge in [-0.3, -0.25) is 9.69 Å². The summed E-state index contributed by atoms with van der Waals surface area (Å²) in [5.41, 5.74) is 0.295. The summed E-state index contributed by atoms with van der Waals surface area (Å²) in [5, 5.41) is 8.55. The molecule has 0 spiro atoms. The molecule has 2 heterocycles. The van der Waals surface area contributed by atoms with Crippen molar-refractivity contribution >= 4 is 32.7 Å². The second-order valence-corrected chi connectivity index (χ2v) is 7.89. The van der Waals surface area contributed by atoms with Crippen LogP contribution in [-0.4, -0.2) is 82.8 Å². The fourth-order valence-corrected chi connectivity index (χ4v) is 4.81. The molecule has 0 aromatic carbocycles. The van der Waals surface area contributed by atoms with Crippen LogP contribution in [0.2, 0.25) is 0 Å². The molecule has 2 aliphatic rings. The van der Waals surface area contributed by atoms with Gasteiger partial charge in [0, 0.05) is 46.2 Å². The van der Waals surface area contributed by atoms with Gasteiger partial charge in [0.05, 0.1) is 0 Å². The van der Waals surface area contributed by atoms with Crippen molar-refractivity contribution in [3.63, 3.8) is 0 Å². The maximum absolute atomic E-state index is 9.00. The van der Waals surface area contributed by atoms with Crippen LogP contribution in [0.1, 0.15) is 20.8 Å². The van der Waals surface area contributed by atoms with Crippen LogP contribution in [-0.2, 0) is 4.79 Å². The van der Waals surface area contributed by atoms with E-state index in [1.54, 1.807) is 10.8 Å². The standard InChI is InChI=1S/C11H22N4S2.C2H4O2/c1-8-7-15(9(2)6-14(8)5)11-12-10(13(3)4)16-17-11;1-2(3)4/h8-9,11H,6-7H2,1-5H3;1H3,(H,3,4). The van der Waals surface area contributed by atoms with Gasteiger partial charge in [0.2, 0.25) is 0 Å². The van der Waals surface area contributed by atoms with E-state index in [9.17, 15) is 0 Å². The predicted molar refractivity (Wildman–Crippen MR) is 91.7 cm³/mol. The molecular formula is C13H26N4O2S2. The number of carboxylic acids is 1. The second kappa shape index (κ2) is 8.26. The molecule has 0 saturated carbocycles. The van der Waals surface area contributed by atoms with Gasteiger partial charge in [0.1, 0.15) is 0 Å². The van der Waals surface area contributed by atoms with E-state index in [1.165, 1.54) is 0 Å². The minimum atomic E-state index is -0.833. The Kier molecular flexibility index (Phi) is 7.32. The van der Waals surface area contributed by atoms with Crippen molar-refractivity contribution in [2.45, 2.75) is 38.4 Å². The summed E-state index contributed by atoms with van der Waals surface area (Å²) in [6, 6.07) is 1.20. The Balaban J connectivity index is 0.000000491. The summed E-state index contributed by atoms with van der Waals surface area (Å²) in [6.07, 6.45) is 0. The Morgan fingerprint density at radius 2 is 1.90 bits per heavy atom. The zero-order valence-corrected chi connectivity index (χ0v) is 15.2. The molecule has 21 heavy (non-hydrogen) atoms. The summed E-state index contributed by atoms with van der Waals surface area (Å²) in [6.45, 7) is 7.93. The Morgan fingerprint density at radius 1 is 1.33 bits per heavy atom. The van der Waals surface area contributed by atoms with Gasteiger partial charge in [-0.2, -0.15) is 0 Å². The highest BCUT2D eigenvalue weighted by molar-refractivity contribution is 8.82. The number of likely N-dealkylation sites (N-methyl/N-ethyl adjacent to an activating group) is 1. The molecule has 0 bridgehead atoms. The van der Waals surface area contributed by atoms with Gasteiger partial charge in [-0.15, -0.1) is 0 Å². The van der Waals surface area contributed by atoms with Gasteiger partial charge in [-0.1, -0.05) is 0 Å². The number of nitrogens with zero attached hydrogens (tertiary/aromatic N) is 4. The number of amidine groups is 1. The maximum atomic E-state index is 9.00. The molecule has 1 saturated heterocycles. The van der Waals surface area contributed by atoms with Crippen molar-refractivity contribution in [3.05, 3.63) is 0 Å². The Hall–Kier alpha value is -0.440. The number of piperazine rings is 1. The van der Waals surface area contributed by atoms with Gasteiger partial charge in [-0.05, 0) is 42.5 Å². The molecule has 3 atom stereocenters. The van der Waals surface area contributed by atoms with E-state index in [0.29, 0.717) is 17.6 Å². The molecule has 0 aliphatic carbocycles. The number of carboxylic acid groups (broad SMARTS) is 1. The quantitative estimate of drug-likeness (QED) is 0.732. The first-order valence-electron chi connectivity index (χ1n) is 6.96. The molecule has 1 N–H and O–H groups in total. The number of aliphatic imine (C=N–C) groups is 1. The Morgan fingerprint density at radius 3 is 2.38 bits per heavy atom. The van der Waals surface area contributed by atoms with Crippen LogP contribution in [0.5, 0.6) is 0 Å². The molecule has 0 radical (unpaired) electrons. The molecule has 0 amide bonds. The third-order valence-electron chi connectivity index (χ3n) is 3.44. The minimum Gasteiger partial charge on any atom is -0.481 e. The van der Waals surface area contributed by atoms with E-state index in [1.807, 2.05) is 10.8 Å². The zero-order valence-electron chi connectivity index (χ0n) is 13.6. The first kappa shape index (κ1) is 18.6. The van der Waals surface area contributed by atoms with Crippen LogP contribution >= 0.6 is 21.6 Å². The van der Waals surface area contributed by atoms with Crippen LogP contribution in [0.3, 0.4) is 0 Å². The zero-order chi connectivity index (χ0) is 16.2. The Labute approximate surface area is 135 Å². The lowest BCUT2D eigenvalue weighted by atomic mass is 10.1. The highest BCUT2D eigenvalue weighted by Crippen LogP contribution is 2.40. The fourth-order valence-electron chi connectivity index (χ4n) is 2.18. The minimum absolute atomic E-state index is 0.295. The Bertz CT molecular complexity index is 388. The van der Waals surface area contributed by atoms with Gasteiger partial charge in [0.15, 0.2) is 10.7 Å². The molecule has 122 valence electrons.